The van der Waals surface area contributed by atoms with Crippen molar-refractivity contribution in [1.29, 1.82) is 0 Å². The first-order valence-corrected chi connectivity index (χ1v) is 4.08. The molecule has 0 heterocycles. The van der Waals surface area contributed by atoms with Gasteiger partial charge in [-0.25, -0.2) is 4.79 Å². The average Bonchev–Trinajstić information content (AvgIpc) is 2.10. The van der Waals surface area contributed by atoms with Crippen LogP contribution in [-0.2, 0) is 9.53 Å². The van der Waals surface area contributed by atoms with Gasteiger partial charge in [-0.3, -0.25) is 9.69 Å². The maximum atomic E-state index is 11.1. The third-order valence-electron chi connectivity index (χ3n) is 1.48. The molecule has 0 saturated heterocycles. The minimum absolute atomic E-state index is 0.0542. The van der Waals surface area contributed by atoms with Crippen LogP contribution in [0.5, 0.6) is 0 Å². The number of likely N-dealkylation sites (N-methyl/N-ethyl adjacent to an activating group) is 1. The van der Waals surface area contributed by atoms with E-state index in [1.807, 2.05) is 0 Å². The number of amides is 1. The number of Topliss-reactive ketones (excluding diaryl/α,β-unsaturated/α-hetero) is 1. The SMILES string of the molecule is CNCCN(CC(C)=O)C(=O)OC. The number of hydrogen-bond donors (Lipinski definition) is 1. The summed E-state index contributed by atoms with van der Waals surface area (Å²) < 4.78 is 4.52. The van der Waals surface area contributed by atoms with Crippen molar-refractivity contribution in [2.75, 3.05) is 33.8 Å². The van der Waals surface area contributed by atoms with E-state index in [0.29, 0.717) is 13.1 Å². The summed E-state index contributed by atoms with van der Waals surface area (Å²) in [6.45, 7) is 2.66. The standard InChI is InChI=1S/C8H16N2O3/c1-7(11)6-10(5-4-9-2)8(12)13-3/h9H,4-6H2,1-3H3. The van der Waals surface area contributed by atoms with Gasteiger partial charge < -0.3 is 10.1 Å². The van der Waals surface area contributed by atoms with Crippen LogP contribution in [0.15, 0.2) is 0 Å². The molecule has 13 heavy (non-hydrogen) atoms. The second-order valence-electron chi connectivity index (χ2n) is 2.70. The van der Waals surface area contributed by atoms with Crippen molar-refractivity contribution in [2.45, 2.75) is 6.92 Å². The molecule has 5 nitrogen and oxygen atoms in total. The number of carbonyl (C=O) groups excluding carboxylic acids is 2. The van der Waals surface area contributed by atoms with E-state index in [4.69, 9.17) is 0 Å². The van der Waals surface area contributed by atoms with Gasteiger partial charge in [0.1, 0.15) is 5.78 Å². The van der Waals surface area contributed by atoms with E-state index < -0.39 is 6.09 Å². The van der Waals surface area contributed by atoms with E-state index in [1.54, 1.807) is 7.05 Å². The Bertz CT molecular complexity index is 182. The number of nitrogens with one attached hydrogen (secondary N) is 1. The molecule has 0 fully saturated rings. The Morgan fingerprint density at radius 1 is 1.46 bits per heavy atom. The molecule has 0 aliphatic rings. The van der Waals surface area contributed by atoms with Crippen LogP contribution in [0.1, 0.15) is 6.92 Å². The Labute approximate surface area is 78.0 Å². The van der Waals surface area contributed by atoms with Crippen molar-refractivity contribution < 1.29 is 14.3 Å². The van der Waals surface area contributed by atoms with Gasteiger partial charge in [-0.05, 0) is 14.0 Å². The molecule has 0 spiro atoms. The van der Waals surface area contributed by atoms with Crippen LogP contribution >= 0.6 is 0 Å². The van der Waals surface area contributed by atoms with Crippen LogP contribution in [0.2, 0.25) is 0 Å². The molecule has 0 aromatic heterocycles. The van der Waals surface area contributed by atoms with Crippen LogP contribution in [0, 0.1) is 0 Å². The van der Waals surface area contributed by atoms with Crippen molar-refractivity contribution in [3.8, 4) is 0 Å². The van der Waals surface area contributed by atoms with Gasteiger partial charge in [-0.1, -0.05) is 0 Å². The molecule has 1 amide bonds. The van der Waals surface area contributed by atoms with E-state index in [1.165, 1.54) is 18.9 Å². The Balaban J connectivity index is 4.02. The molecule has 0 unspecified atom stereocenters. The van der Waals surface area contributed by atoms with E-state index in [2.05, 4.69) is 10.1 Å². The lowest BCUT2D eigenvalue weighted by atomic mass is 10.4. The molecule has 76 valence electrons. The summed E-state index contributed by atoms with van der Waals surface area (Å²) in [5, 5.41) is 2.89. The predicted molar refractivity (Wildman–Crippen MR) is 48.6 cm³/mol. The number of carbonyl (C=O) groups is 2. The highest BCUT2D eigenvalue weighted by molar-refractivity contribution is 5.81. The molecule has 0 rings (SSSR count). The molecule has 0 aliphatic carbocycles. The third kappa shape index (κ3) is 5.19. The van der Waals surface area contributed by atoms with Gasteiger partial charge in [0.05, 0.1) is 13.7 Å². The van der Waals surface area contributed by atoms with Crippen molar-refractivity contribution in [2.24, 2.45) is 0 Å². The smallest absolute Gasteiger partial charge is 0.409 e. The summed E-state index contributed by atoms with van der Waals surface area (Å²) in [5.74, 6) is -0.0542. The van der Waals surface area contributed by atoms with Crippen LogP contribution in [-0.4, -0.2) is 50.6 Å². The summed E-state index contributed by atoms with van der Waals surface area (Å²) >= 11 is 0. The molecule has 0 saturated carbocycles. The monoisotopic (exact) mass is 188 g/mol. The number of rotatable bonds is 5. The summed E-state index contributed by atoms with van der Waals surface area (Å²) in [7, 11) is 3.08. The first-order valence-electron chi connectivity index (χ1n) is 4.08. The van der Waals surface area contributed by atoms with Crippen molar-refractivity contribution in [3.63, 3.8) is 0 Å². The molecule has 0 atom stereocenters. The third-order valence-corrected chi connectivity index (χ3v) is 1.48. The number of nitrogens with zero attached hydrogens (tertiary/aromatic N) is 1. The largest absolute Gasteiger partial charge is 0.453 e. The molecule has 0 aromatic carbocycles. The lowest BCUT2D eigenvalue weighted by molar-refractivity contribution is -0.117. The van der Waals surface area contributed by atoms with Crippen LogP contribution in [0.25, 0.3) is 0 Å². The predicted octanol–water partition coefficient (Wildman–Crippen LogP) is -0.137. The van der Waals surface area contributed by atoms with Gasteiger partial charge in [0.25, 0.3) is 0 Å². The van der Waals surface area contributed by atoms with Gasteiger partial charge >= 0.3 is 6.09 Å². The van der Waals surface area contributed by atoms with Gasteiger partial charge in [0, 0.05) is 13.1 Å². The Kier molecular flexibility index (Phi) is 5.88. The van der Waals surface area contributed by atoms with E-state index in [9.17, 15) is 9.59 Å². The second kappa shape index (κ2) is 6.42. The fraction of sp³-hybridized carbons (Fsp3) is 0.750. The molecule has 0 bridgehead atoms. The molecule has 1 N–H and O–H groups in total. The molecule has 5 heteroatoms. The summed E-state index contributed by atoms with van der Waals surface area (Å²) in [5.41, 5.74) is 0. The molecular weight excluding hydrogens is 172 g/mol. The number of hydrogen-bond acceptors (Lipinski definition) is 4. The zero-order valence-corrected chi connectivity index (χ0v) is 8.29. The topological polar surface area (TPSA) is 58.6 Å². The fourth-order valence-corrected chi connectivity index (χ4v) is 0.880. The van der Waals surface area contributed by atoms with Gasteiger partial charge in [0.15, 0.2) is 0 Å². The molecule has 0 aliphatic heterocycles. The van der Waals surface area contributed by atoms with E-state index >= 15 is 0 Å². The Hall–Kier alpha value is -1.10. The minimum Gasteiger partial charge on any atom is -0.453 e. The maximum Gasteiger partial charge on any atom is 0.409 e. The molecule has 0 radical (unpaired) electrons. The Morgan fingerprint density at radius 2 is 2.08 bits per heavy atom. The van der Waals surface area contributed by atoms with Gasteiger partial charge in [0.2, 0.25) is 0 Å². The van der Waals surface area contributed by atoms with E-state index in [0.717, 1.165) is 0 Å². The molecular formula is C8H16N2O3. The second-order valence-corrected chi connectivity index (χ2v) is 2.70. The van der Waals surface area contributed by atoms with Gasteiger partial charge in [-0.15, -0.1) is 0 Å². The van der Waals surface area contributed by atoms with Crippen LogP contribution in [0.3, 0.4) is 0 Å². The van der Waals surface area contributed by atoms with Crippen molar-refractivity contribution in [1.82, 2.24) is 10.2 Å². The summed E-state index contributed by atoms with van der Waals surface area (Å²) in [4.78, 5) is 23.2. The highest BCUT2D eigenvalue weighted by Crippen LogP contribution is 1.92. The zero-order chi connectivity index (χ0) is 10.3. The first kappa shape index (κ1) is 11.9. The Morgan fingerprint density at radius 3 is 2.46 bits per heavy atom. The van der Waals surface area contributed by atoms with Crippen molar-refractivity contribution >= 4 is 11.9 Å². The van der Waals surface area contributed by atoms with Crippen LogP contribution < -0.4 is 5.32 Å². The highest BCUT2D eigenvalue weighted by atomic mass is 16.5. The average molecular weight is 188 g/mol. The quantitative estimate of drug-likeness (QED) is 0.652. The minimum atomic E-state index is -0.467. The van der Waals surface area contributed by atoms with Gasteiger partial charge in [-0.2, -0.15) is 0 Å². The van der Waals surface area contributed by atoms with E-state index in [-0.39, 0.29) is 12.3 Å². The number of methoxy groups -OCH3 is 1. The maximum absolute atomic E-state index is 11.1. The van der Waals surface area contributed by atoms with Crippen molar-refractivity contribution in [3.05, 3.63) is 0 Å². The zero-order valence-electron chi connectivity index (χ0n) is 8.29. The number of ether oxygens (including phenoxy) is 1. The summed E-state index contributed by atoms with van der Waals surface area (Å²) in [6.07, 6.45) is -0.467. The normalized spacial score (nSPS) is 9.46. The first-order chi connectivity index (χ1) is 6.11. The highest BCUT2D eigenvalue weighted by Gasteiger charge is 2.14. The number of ketones is 1. The summed E-state index contributed by atoms with van der Waals surface area (Å²) in [6, 6.07) is 0. The molecule has 0 aromatic rings. The lowest BCUT2D eigenvalue weighted by Gasteiger charge is -2.19. The van der Waals surface area contributed by atoms with Crippen LogP contribution in [0.4, 0.5) is 4.79 Å². The fourth-order valence-electron chi connectivity index (χ4n) is 0.880. The lowest BCUT2D eigenvalue weighted by Crippen LogP contribution is -2.39.